The second-order valence-corrected chi connectivity index (χ2v) is 4.25. The lowest BCUT2D eigenvalue weighted by atomic mass is 10.1. The molecule has 2 heterocycles. The lowest BCUT2D eigenvalue weighted by molar-refractivity contribution is 0.0982. The Balaban J connectivity index is 2.11. The van der Waals surface area contributed by atoms with E-state index >= 15 is 0 Å². The Hall–Kier alpha value is -1.94. The molecule has 1 aromatic carbocycles. The molecule has 1 aromatic heterocycles. The summed E-state index contributed by atoms with van der Waals surface area (Å²) >= 11 is 0. The minimum absolute atomic E-state index is 0.117. The molecule has 0 radical (unpaired) electrons. The molecule has 86 valence electrons. The fourth-order valence-corrected chi connectivity index (χ4v) is 2.11. The van der Waals surface area contributed by atoms with Crippen LogP contribution in [0.25, 0.3) is 5.69 Å². The number of hydrogen-bond acceptors (Lipinski definition) is 3. The molecule has 3 rings (SSSR count). The Morgan fingerprint density at radius 1 is 1.29 bits per heavy atom. The molecule has 0 aliphatic carbocycles. The van der Waals surface area contributed by atoms with E-state index in [1.54, 1.807) is 4.68 Å². The number of nitrogens with one attached hydrogen (secondary N) is 1. The maximum absolute atomic E-state index is 11.7. The number of para-hydroxylation sites is 1. The average Bonchev–Trinajstić information content (AvgIpc) is 2.75. The van der Waals surface area contributed by atoms with Crippen LogP contribution in [0.3, 0.4) is 0 Å². The van der Waals surface area contributed by atoms with Gasteiger partial charge in [-0.15, -0.1) is 0 Å². The van der Waals surface area contributed by atoms with Crippen LogP contribution in [0.2, 0.25) is 0 Å². The normalized spacial score (nSPS) is 14.8. The summed E-state index contributed by atoms with van der Waals surface area (Å²) in [7, 11) is 0. The van der Waals surface area contributed by atoms with Crippen LogP contribution >= 0.6 is 0 Å². The highest BCUT2D eigenvalue weighted by Gasteiger charge is 2.20. The summed E-state index contributed by atoms with van der Waals surface area (Å²) in [4.78, 5) is 11.7. The lowest BCUT2D eigenvalue weighted by Crippen LogP contribution is -2.29. The molecule has 4 nitrogen and oxygen atoms in total. The van der Waals surface area contributed by atoms with Crippen LogP contribution in [0.1, 0.15) is 21.6 Å². The number of rotatable bonds is 1. The molecule has 2 aromatic rings. The van der Waals surface area contributed by atoms with Crippen LogP contribution in [-0.2, 0) is 6.54 Å². The third kappa shape index (κ3) is 1.66. The van der Waals surface area contributed by atoms with Crippen LogP contribution in [-0.4, -0.2) is 22.1 Å². The molecule has 1 aliphatic rings. The quantitative estimate of drug-likeness (QED) is 0.802. The van der Waals surface area contributed by atoms with Gasteiger partial charge in [-0.3, -0.25) is 4.79 Å². The Labute approximate surface area is 99.3 Å². The van der Waals surface area contributed by atoms with Gasteiger partial charge < -0.3 is 5.32 Å². The van der Waals surface area contributed by atoms with Crippen LogP contribution < -0.4 is 5.32 Å². The van der Waals surface area contributed by atoms with Crippen molar-refractivity contribution in [2.24, 2.45) is 0 Å². The predicted octanol–water partition coefficient (Wildman–Crippen LogP) is 1.47. The van der Waals surface area contributed by atoms with Gasteiger partial charge in [0.25, 0.3) is 0 Å². The van der Waals surface area contributed by atoms with E-state index in [9.17, 15) is 4.79 Å². The van der Waals surface area contributed by atoms with Crippen molar-refractivity contribution in [1.29, 1.82) is 0 Å². The Morgan fingerprint density at radius 3 is 2.88 bits per heavy atom. The molecule has 0 unspecified atom stereocenters. The summed E-state index contributed by atoms with van der Waals surface area (Å²) in [6.07, 6.45) is 1.83. The predicted molar refractivity (Wildman–Crippen MR) is 64.3 cm³/mol. The summed E-state index contributed by atoms with van der Waals surface area (Å²) < 4.78 is 1.80. The van der Waals surface area contributed by atoms with E-state index in [1.807, 2.05) is 37.4 Å². The number of benzene rings is 1. The SMILES string of the molecule is Cc1ccccc1-n1cc2c(n1)CNCC2=O. The van der Waals surface area contributed by atoms with E-state index < -0.39 is 0 Å². The highest BCUT2D eigenvalue weighted by molar-refractivity contribution is 5.99. The lowest BCUT2D eigenvalue weighted by Gasteiger charge is -2.08. The highest BCUT2D eigenvalue weighted by atomic mass is 16.1. The molecule has 17 heavy (non-hydrogen) atoms. The second kappa shape index (κ2) is 3.82. The molecular formula is C13H13N3O. The summed E-state index contributed by atoms with van der Waals surface area (Å²) in [5.74, 6) is 0.117. The summed E-state index contributed by atoms with van der Waals surface area (Å²) in [6.45, 7) is 3.11. The molecule has 1 aliphatic heterocycles. The van der Waals surface area contributed by atoms with Gasteiger partial charge in [-0.25, -0.2) is 4.68 Å². The molecule has 0 spiro atoms. The first-order chi connectivity index (χ1) is 8.25. The van der Waals surface area contributed by atoms with E-state index in [0.29, 0.717) is 13.1 Å². The molecule has 4 heteroatoms. The molecule has 0 saturated heterocycles. The van der Waals surface area contributed by atoms with Gasteiger partial charge in [0.1, 0.15) is 0 Å². The highest BCUT2D eigenvalue weighted by Crippen LogP contribution is 2.17. The third-order valence-electron chi connectivity index (χ3n) is 3.03. The van der Waals surface area contributed by atoms with Crippen molar-refractivity contribution in [2.75, 3.05) is 6.54 Å². The number of aryl methyl sites for hydroxylation is 1. The smallest absolute Gasteiger partial charge is 0.180 e. The van der Waals surface area contributed by atoms with Crippen LogP contribution in [0.15, 0.2) is 30.5 Å². The van der Waals surface area contributed by atoms with Crippen LogP contribution in [0.5, 0.6) is 0 Å². The number of ketones is 1. The Bertz CT molecular complexity index is 586. The maximum Gasteiger partial charge on any atom is 0.180 e. The van der Waals surface area contributed by atoms with Gasteiger partial charge in [-0.2, -0.15) is 5.10 Å². The number of hydrogen-bond donors (Lipinski definition) is 1. The first kappa shape index (κ1) is 10.2. The van der Waals surface area contributed by atoms with Gasteiger partial charge in [0, 0.05) is 12.7 Å². The van der Waals surface area contributed by atoms with E-state index in [4.69, 9.17) is 0 Å². The number of carbonyl (C=O) groups is 1. The molecule has 0 fully saturated rings. The number of carbonyl (C=O) groups excluding carboxylic acids is 1. The van der Waals surface area contributed by atoms with E-state index in [0.717, 1.165) is 22.5 Å². The minimum atomic E-state index is 0.117. The van der Waals surface area contributed by atoms with Crippen molar-refractivity contribution in [3.8, 4) is 5.69 Å². The van der Waals surface area contributed by atoms with Gasteiger partial charge in [0.15, 0.2) is 5.78 Å². The van der Waals surface area contributed by atoms with Crippen molar-refractivity contribution in [3.05, 3.63) is 47.3 Å². The number of aromatic nitrogens is 2. The largest absolute Gasteiger partial charge is 0.304 e. The van der Waals surface area contributed by atoms with E-state index in [-0.39, 0.29) is 5.78 Å². The standard InChI is InChI=1S/C13H13N3O/c1-9-4-2-3-5-12(9)16-8-10-11(15-16)6-14-7-13(10)17/h2-5,8,14H,6-7H2,1H3. The molecule has 0 saturated carbocycles. The number of nitrogens with zero attached hydrogens (tertiary/aromatic N) is 2. The first-order valence-electron chi connectivity index (χ1n) is 5.64. The summed E-state index contributed by atoms with van der Waals surface area (Å²) in [5, 5.41) is 7.51. The zero-order chi connectivity index (χ0) is 11.8. The van der Waals surface area contributed by atoms with Crippen LogP contribution in [0, 0.1) is 6.92 Å². The van der Waals surface area contributed by atoms with Crippen LogP contribution in [0.4, 0.5) is 0 Å². The molecular weight excluding hydrogens is 214 g/mol. The molecule has 0 bridgehead atoms. The number of Topliss-reactive ketones (excluding diaryl/α,β-unsaturated/α-hetero) is 1. The minimum Gasteiger partial charge on any atom is -0.304 e. The molecule has 0 amide bonds. The van der Waals surface area contributed by atoms with E-state index in [1.165, 1.54) is 0 Å². The monoisotopic (exact) mass is 227 g/mol. The zero-order valence-electron chi connectivity index (χ0n) is 9.60. The topological polar surface area (TPSA) is 46.9 Å². The number of fused-ring (bicyclic) bond motifs is 1. The Morgan fingerprint density at radius 2 is 2.12 bits per heavy atom. The van der Waals surface area contributed by atoms with Crippen molar-refractivity contribution < 1.29 is 4.79 Å². The van der Waals surface area contributed by atoms with Crippen molar-refractivity contribution in [1.82, 2.24) is 15.1 Å². The zero-order valence-corrected chi connectivity index (χ0v) is 9.60. The van der Waals surface area contributed by atoms with Gasteiger partial charge in [0.05, 0.1) is 23.5 Å². The van der Waals surface area contributed by atoms with Crippen molar-refractivity contribution in [2.45, 2.75) is 13.5 Å². The molecule has 1 N–H and O–H groups in total. The van der Waals surface area contributed by atoms with Crippen molar-refractivity contribution >= 4 is 5.78 Å². The van der Waals surface area contributed by atoms with Gasteiger partial charge in [-0.1, -0.05) is 18.2 Å². The van der Waals surface area contributed by atoms with Crippen molar-refractivity contribution in [3.63, 3.8) is 0 Å². The summed E-state index contributed by atoms with van der Waals surface area (Å²) in [5.41, 5.74) is 3.75. The average molecular weight is 227 g/mol. The maximum atomic E-state index is 11.7. The first-order valence-corrected chi connectivity index (χ1v) is 5.64. The van der Waals surface area contributed by atoms with E-state index in [2.05, 4.69) is 10.4 Å². The summed E-state index contributed by atoms with van der Waals surface area (Å²) in [6, 6.07) is 8.01. The van der Waals surface area contributed by atoms with Gasteiger partial charge >= 0.3 is 0 Å². The van der Waals surface area contributed by atoms with Gasteiger partial charge in [-0.05, 0) is 18.6 Å². The Kier molecular flexibility index (Phi) is 2.30. The third-order valence-corrected chi connectivity index (χ3v) is 3.03. The fraction of sp³-hybridized carbons (Fsp3) is 0.231. The fourth-order valence-electron chi connectivity index (χ4n) is 2.11. The molecule has 0 atom stereocenters. The van der Waals surface area contributed by atoms with Gasteiger partial charge in [0.2, 0.25) is 0 Å². The second-order valence-electron chi connectivity index (χ2n) is 4.25.